The summed E-state index contributed by atoms with van der Waals surface area (Å²) in [6.07, 6.45) is 10.2. The van der Waals surface area contributed by atoms with E-state index in [4.69, 9.17) is 4.74 Å². The normalized spacial score (nSPS) is 28.7. The maximum absolute atomic E-state index is 11.9. The van der Waals surface area contributed by atoms with Crippen molar-refractivity contribution < 1.29 is 19.1 Å². The molecule has 0 saturated heterocycles. The largest absolute Gasteiger partial charge is 0.462 e. The molecule has 4 nitrogen and oxygen atoms in total. The summed E-state index contributed by atoms with van der Waals surface area (Å²) in [5.74, 6) is -1.01. The van der Waals surface area contributed by atoms with Crippen molar-refractivity contribution in [3.63, 3.8) is 0 Å². The molecule has 0 aliphatic heterocycles. The maximum atomic E-state index is 11.9. The van der Waals surface area contributed by atoms with E-state index >= 15 is 0 Å². The predicted octanol–water partition coefficient (Wildman–Crippen LogP) is 4.60. The molecule has 0 fully saturated rings. The molecule has 0 radical (unpaired) electrons. The molecule has 0 spiro atoms. The van der Waals surface area contributed by atoms with Gasteiger partial charge in [0, 0.05) is 25.2 Å². The van der Waals surface area contributed by atoms with Gasteiger partial charge in [-0.05, 0) is 51.5 Å². The van der Waals surface area contributed by atoms with Gasteiger partial charge < -0.3 is 9.53 Å². The van der Waals surface area contributed by atoms with Crippen LogP contribution in [0.15, 0.2) is 34.9 Å². The van der Waals surface area contributed by atoms with Crippen LogP contribution in [0.5, 0.6) is 0 Å². The molecule has 26 heavy (non-hydrogen) atoms. The number of allylic oxidation sites excluding steroid dienone is 5. The van der Waals surface area contributed by atoms with Gasteiger partial charge in [0.05, 0.1) is 0 Å². The SMILES string of the molecule is CC(=O)O[C@@H]1C/C(C)=C\C/C=C(/C=O)[C@H](C=O)[C@H]1C(C)CCC=C(C)C. The van der Waals surface area contributed by atoms with Crippen LogP contribution in [-0.2, 0) is 19.1 Å². The predicted molar refractivity (Wildman–Crippen MR) is 104 cm³/mol. The Hall–Kier alpha value is -1.97. The molecule has 144 valence electrons. The first-order valence-electron chi connectivity index (χ1n) is 9.36. The average molecular weight is 360 g/mol. The van der Waals surface area contributed by atoms with Crippen molar-refractivity contribution in [2.45, 2.75) is 66.4 Å². The summed E-state index contributed by atoms with van der Waals surface area (Å²) >= 11 is 0. The minimum atomic E-state index is -0.558. The number of aldehydes is 2. The summed E-state index contributed by atoms with van der Waals surface area (Å²) in [6, 6.07) is 0. The molecule has 0 N–H and O–H groups in total. The van der Waals surface area contributed by atoms with E-state index < -0.39 is 12.0 Å². The Labute approximate surface area is 157 Å². The second-order valence-electron chi connectivity index (χ2n) is 7.54. The standard InChI is InChI=1S/C22H32O4/c1-15(2)8-6-10-17(4)22-20(14-24)19(13-23)11-7-9-16(3)12-21(22)26-18(5)25/h8-9,11,13-14,17,20-22H,6-7,10,12H2,1-5H3/b16-9-,19-11-/t17?,20-,21+,22+/m0/s1. The van der Waals surface area contributed by atoms with Gasteiger partial charge in [-0.1, -0.05) is 36.3 Å². The molecule has 1 aliphatic rings. The Balaban J connectivity index is 3.28. The highest BCUT2D eigenvalue weighted by atomic mass is 16.5. The minimum absolute atomic E-state index is 0.124. The van der Waals surface area contributed by atoms with Crippen LogP contribution in [0.4, 0.5) is 0 Å². The van der Waals surface area contributed by atoms with Crippen molar-refractivity contribution >= 4 is 18.5 Å². The zero-order valence-electron chi connectivity index (χ0n) is 16.7. The summed E-state index contributed by atoms with van der Waals surface area (Å²) in [5, 5.41) is 0. The number of ether oxygens (including phenoxy) is 1. The zero-order chi connectivity index (χ0) is 19.7. The fourth-order valence-corrected chi connectivity index (χ4v) is 3.70. The Morgan fingerprint density at radius 1 is 1.27 bits per heavy atom. The quantitative estimate of drug-likeness (QED) is 0.378. The third-order valence-electron chi connectivity index (χ3n) is 5.00. The summed E-state index contributed by atoms with van der Waals surface area (Å²) in [7, 11) is 0. The van der Waals surface area contributed by atoms with E-state index in [9.17, 15) is 14.4 Å². The lowest BCUT2D eigenvalue weighted by atomic mass is 9.73. The highest BCUT2D eigenvalue weighted by Gasteiger charge is 2.37. The van der Waals surface area contributed by atoms with Gasteiger partial charge in [-0.2, -0.15) is 0 Å². The van der Waals surface area contributed by atoms with Crippen LogP contribution in [0, 0.1) is 17.8 Å². The van der Waals surface area contributed by atoms with E-state index in [1.54, 1.807) is 0 Å². The number of hydrogen-bond acceptors (Lipinski definition) is 4. The molecule has 4 atom stereocenters. The summed E-state index contributed by atoms with van der Waals surface area (Å²) in [5.41, 5.74) is 2.84. The van der Waals surface area contributed by atoms with Gasteiger partial charge in [-0.15, -0.1) is 0 Å². The molecular weight excluding hydrogens is 328 g/mol. The molecule has 0 heterocycles. The van der Waals surface area contributed by atoms with Crippen LogP contribution in [0.1, 0.15) is 60.3 Å². The van der Waals surface area contributed by atoms with E-state index in [1.807, 2.05) is 19.1 Å². The molecule has 4 heteroatoms. The lowest BCUT2D eigenvalue weighted by Gasteiger charge is -2.35. The second kappa shape index (κ2) is 10.9. The van der Waals surface area contributed by atoms with Crippen molar-refractivity contribution in [3.05, 3.63) is 34.9 Å². The van der Waals surface area contributed by atoms with Gasteiger partial charge in [0.25, 0.3) is 0 Å². The van der Waals surface area contributed by atoms with E-state index in [0.29, 0.717) is 18.4 Å². The molecule has 0 aromatic heterocycles. The van der Waals surface area contributed by atoms with Crippen molar-refractivity contribution in [3.8, 4) is 0 Å². The highest BCUT2D eigenvalue weighted by molar-refractivity contribution is 5.81. The highest BCUT2D eigenvalue weighted by Crippen LogP contribution is 2.36. The topological polar surface area (TPSA) is 60.4 Å². The van der Waals surface area contributed by atoms with Gasteiger partial charge in [0.15, 0.2) is 0 Å². The average Bonchev–Trinajstić information content (AvgIpc) is 2.61. The molecule has 0 amide bonds. The van der Waals surface area contributed by atoms with Crippen LogP contribution < -0.4 is 0 Å². The minimum Gasteiger partial charge on any atom is -0.462 e. The molecule has 1 unspecified atom stereocenters. The first-order valence-corrected chi connectivity index (χ1v) is 9.36. The van der Waals surface area contributed by atoms with Crippen LogP contribution in [0.2, 0.25) is 0 Å². The van der Waals surface area contributed by atoms with E-state index in [0.717, 1.165) is 31.0 Å². The van der Waals surface area contributed by atoms with Crippen molar-refractivity contribution in [2.24, 2.45) is 17.8 Å². The fraction of sp³-hybridized carbons (Fsp3) is 0.591. The van der Waals surface area contributed by atoms with Crippen LogP contribution >= 0.6 is 0 Å². The Kier molecular flexibility index (Phi) is 9.25. The molecule has 1 rings (SSSR count). The Morgan fingerprint density at radius 3 is 2.50 bits per heavy atom. The number of esters is 1. The number of carbonyl (C=O) groups is 3. The molecule has 1 aliphatic carbocycles. The molecule has 0 aromatic rings. The zero-order valence-corrected chi connectivity index (χ0v) is 16.7. The first kappa shape index (κ1) is 22.1. The summed E-state index contributed by atoms with van der Waals surface area (Å²) in [4.78, 5) is 35.3. The first-order chi connectivity index (χ1) is 12.3. The molecule has 0 bridgehead atoms. The smallest absolute Gasteiger partial charge is 0.302 e. The lowest BCUT2D eigenvalue weighted by Crippen LogP contribution is -2.38. The van der Waals surface area contributed by atoms with Crippen LogP contribution in [0.25, 0.3) is 0 Å². The molecular formula is C22H32O4. The third kappa shape index (κ3) is 6.74. The van der Waals surface area contributed by atoms with E-state index in [1.165, 1.54) is 12.5 Å². The van der Waals surface area contributed by atoms with Crippen molar-refractivity contribution in [2.75, 3.05) is 0 Å². The van der Waals surface area contributed by atoms with E-state index in [2.05, 4.69) is 26.8 Å². The van der Waals surface area contributed by atoms with Crippen molar-refractivity contribution in [1.29, 1.82) is 0 Å². The van der Waals surface area contributed by atoms with Gasteiger partial charge in [0.2, 0.25) is 0 Å². The third-order valence-corrected chi connectivity index (χ3v) is 5.00. The summed E-state index contributed by atoms with van der Waals surface area (Å²) < 4.78 is 5.64. The van der Waals surface area contributed by atoms with Gasteiger partial charge in [0.1, 0.15) is 18.7 Å². The van der Waals surface area contributed by atoms with Crippen LogP contribution in [-0.4, -0.2) is 24.6 Å². The molecule has 0 saturated carbocycles. The number of rotatable bonds is 7. The summed E-state index contributed by atoms with van der Waals surface area (Å²) in [6.45, 7) is 9.58. The number of hydrogen-bond donors (Lipinski definition) is 0. The Bertz CT molecular complexity index is 593. The lowest BCUT2D eigenvalue weighted by molar-refractivity contribution is -0.152. The second-order valence-corrected chi connectivity index (χ2v) is 7.54. The van der Waals surface area contributed by atoms with Gasteiger partial charge in [-0.25, -0.2) is 0 Å². The molecule has 0 aromatic carbocycles. The van der Waals surface area contributed by atoms with Gasteiger partial charge >= 0.3 is 5.97 Å². The van der Waals surface area contributed by atoms with Gasteiger partial charge in [-0.3, -0.25) is 9.59 Å². The fourth-order valence-electron chi connectivity index (χ4n) is 3.70. The Morgan fingerprint density at radius 2 is 1.96 bits per heavy atom. The van der Waals surface area contributed by atoms with E-state index in [-0.39, 0.29) is 17.8 Å². The van der Waals surface area contributed by atoms with Crippen molar-refractivity contribution in [1.82, 2.24) is 0 Å². The number of carbonyl (C=O) groups excluding carboxylic acids is 3. The van der Waals surface area contributed by atoms with Crippen LogP contribution in [0.3, 0.4) is 0 Å². The monoisotopic (exact) mass is 360 g/mol. The maximum Gasteiger partial charge on any atom is 0.302 e.